The highest BCUT2D eigenvalue weighted by molar-refractivity contribution is 7.09. The van der Waals surface area contributed by atoms with E-state index in [9.17, 15) is 0 Å². The van der Waals surface area contributed by atoms with E-state index in [1.165, 1.54) is 10.4 Å². The van der Waals surface area contributed by atoms with Crippen LogP contribution in [0.5, 0.6) is 0 Å². The number of para-hydroxylation sites is 1. The third-order valence-electron chi connectivity index (χ3n) is 3.58. The van der Waals surface area contributed by atoms with Gasteiger partial charge in [0.2, 0.25) is 0 Å². The van der Waals surface area contributed by atoms with Gasteiger partial charge in [0.25, 0.3) is 0 Å². The van der Waals surface area contributed by atoms with Crippen LogP contribution in [0.3, 0.4) is 0 Å². The summed E-state index contributed by atoms with van der Waals surface area (Å²) in [6.45, 7) is 6.06. The van der Waals surface area contributed by atoms with Crippen molar-refractivity contribution in [1.82, 2.24) is 14.9 Å². The summed E-state index contributed by atoms with van der Waals surface area (Å²) in [6, 6.07) is 12.5. The van der Waals surface area contributed by atoms with Crippen molar-refractivity contribution >= 4 is 22.2 Å². The number of hydrogen-bond donors (Lipinski definition) is 0. The molecule has 0 aliphatic rings. The van der Waals surface area contributed by atoms with Crippen molar-refractivity contribution < 1.29 is 0 Å². The topological polar surface area (TPSA) is 29.0 Å². The van der Waals surface area contributed by atoms with Crippen LogP contribution in [0.4, 0.5) is 0 Å². The minimum atomic E-state index is 0.506. The summed E-state index contributed by atoms with van der Waals surface area (Å²) in [5, 5.41) is 4.57. The predicted octanol–water partition coefficient (Wildman–Crippen LogP) is 4.45. The van der Waals surface area contributed by atoms with Gasteiger partial charge in [-0.05, 0) is 19.2 Å². The van der Waals surface area contributed by atoms with E-state index in [1.54, 1.807) is 11.3 Å². The molecule has 0 fully saturated rings. The Hall–Kier alpha value is -1.78. The second kappa shape index (κ2) is 6.55. The molecule has 3 rings (SSSR count). The van der Waals surface area contributed by atoms with Crippen LogP contribution in [0.1, 0.15) is 36.2 Å². The Morgan fingerprint density at radius 1 is 1.00 bits per heavy atom. The van der Waals surface area contributed by atoms with Gasteiger partial charge < -0.3 is 0 Å². The molecular formula is C18H21N3S. The van der Waals surface area contributed by atoms with Crippen LogP contribution >= 0.6 is 11.3 Å². The number of thiazole rings is 1. The second-order valence-electron chi connectivity index (χ2n) is 6.00. The van der Waals surface area contributed by atoms with Crippen LogP contribution in [0.15, 0.2) is 41.8 Å². The van der Waals surface area contributed by atoms with Crippen molar-refractivity contribution in [2.45, 2.75) is 32.9 Å². The lowest BCUT2D eigenvalue weighted by Gasteiger charge is -2.15. The molecule has 1 aromatic carbocycles. The summed E-state index contributed by atoms with van der Waals surface area (Å²) in [5.74, 6) is 0.506. The van der Waals surface area contributed by atoms with Crippen molar-refractivity contribution in [3.05, 3.63) is 58.2 Å². The molecule has 0 aliphatic carbocycles. The quantitative estimate of drug-likeness (QED) is 0.697. The first kappa shape index (κ1) is 15.1. The Morgan fingerprint density at radius 2 is 1.77 bits per heavy atom. The molecule has 0 saturated carbocycles. The van der Waals surface area contributed by atoms with Gasteiger partial charge in [-0.1, -0.05) is 38.1 Å². The van der Waals surface area contributed by atoms with Crippen LogP contribution in [-0.2, 0) is 13.1 Å². The molecule has 2 aromatic heterocycles. The van der Waals surface area contributed by atoms with Crippen molar-refractivity contribution in [2.24, 2.45) is 0 Å². The first-order chi connectivity index (χ1) is 10.6. The molecule has 4 heteroatoms. The number of benzene rings is 1. The Balaban J connectivity index is 1.68. The number of nitrogens with zero attached hydrogens (tertiary/aromatic N) is 3. The molecule has 0 bridgehead atoms. The summed E-state index contributed by atoms with van der Waals surface area (Å²) >= 11 is 1.75. The summed E-state index contributed by atoms with van der Waals surface area (Å²) in [6.07, 6.45) is 0. The fourth-order valence-corrected chi connectivity index (χ4v) is 3.29. The lowest BCUT2D eigenvalue weighted by molar-refractivity contribution is 0.312. The van der Waals surface area contributed by atoms with Crippen molar-refractivity contribution in [1.29, 1.82) is 0 Å². The van der Waals surface area contributed by atoms with Crippen LogP contribution in [0, 0.1) is 0 Å². The van der Waals surface area contributed by atoms with E-state index in [0.29, 0.717) is 5.92 Å². The molecule has 0 N–H and O–H groups in total. The van der Waals surface area contributed by atoms with Crippen LogP contribution < -0.4 is 0 Å². The molecule has 114 valence electrons. The number of hydrogen-bond acceptors (Lipinski definition) is 4. The molecular weight excluding hydrogens is 290 g/mol. The first-order valence-corrected chi connectivity index (χ1v) is 8.47. The highest BCUT2D eigenvalue weighted by atomic mass is 32.1. The molecule has 2 heterocycles. The fourth-order valence-electron chi connectivity index (χ4n) is 2.47. The summed E-state index contributed by atoms with van der Waals surface area (Å²) in [7, 11) is 2.12. The highest BCUT2D eigenvalue weighted by Gasteiger charge is 2.09. The molecule has 0 amide bonds. The molecule has 3 aromatic rings. The fraction of sp³-hybridized carbons (Fsp3) is 0.333. The van der Waals surface area contributed by atoms with E-state index in [2.05, 4.69) is 55.4 Å². The van der Waals surface area contributed by atoms with E-state index in [-0.39, 0.29) is 0 Å². The van der Waals surface area contributed by atoms with Gasteiger partial charge in [-0.2, -0.15) is 0 Å². The average molecular weight is 311 g/mol. The lowest BCUT2D eigenvalue weighted by atomic mass is 10.2. The van der Waals surface area contributed by atoms with Gasteiger partial charge in [0.15, 0.2) is 0 Å². The zero-order valence-corrected chi connectivity index (χ0v) is 14.1. The van der Waals surface area contributed by atoms with Gasteiger partial charge in [-0.25, -0.2) is 4.98 Å². The largest absolute Gasteiger partial charge is 0.295 e. The molecule has 0 radical (unpaired) electrons. The minimum Gasteiger partial charge on any atom is -0.295 e. The second-order valence-corrected chi connectivity index (χ2v) is 6.89. The van der Waals surface area contributed by atoms with Crippen molar-refractivity contribution in [2.75, 3.05) is 7.05 Å². The summed E-state index contributed by atoms with van der Waals surface area (Å²) < 4.78 is 0. The minimum absolute atomic E-state index is 0.506. The zero-order chi connectivity index (χ0) is 15.5. The molecule has 0 unspecified atom stereocenters. The van der Waals surface area contributed by atoms with E-state index >= 15 is 0 Å². The third kappa shape index (κ3) is 3.51. The van der Waals surface area contributed by atoms with Crippen LogP contribution in [0.2, 0.25) is 0 Å². The normalized spacial score (nSPS) is 11.7. The van der Waals surface area contributed by atoms with Gasteiger partial charge >= 0.3 is 0 Å². The molecule has 0 saturated heterocycles. The summed E-state index contributed by atoms with van der Waals surface area (Å²) in [5.41, 5.74) is 3.31. The SMILES string of the molecule is CC(C)c1nc(CN(C)Cc2ccc3ccccc3n2)cs1. The number of pyridine rings is 1. The monoisotopic (exact) mass is 311 g/mol. The molecule has 3 nitrogen and oxygen atoms in total. The summed E-state index contributed by atoms with van der Waals surface area (Å²) in [4.78, 5) is 11.7. The van der Waals surface area contributed by atoms with Crippen molar-refractivity contribution in [3.63, 3.8) is 0 Å². The third-order valence-corrected chi connectivity index (χ3v) is 4.78. The van der Waals surface area contributed by atoms with E-state index in [4.69, 9.17) is 9.97 Å². The molecule has 0 aliphatic heterocycles. The van der Waals surface area contributed by atoms with Gasteiger partial charge in [-0.3, -0.25) is 9.88 Å². The number of aromatic nitrogens is 2. The van der Waals surface area contributed by atoms with Gasteiger partial charge in [-0.15, -0.1) is 11.3 Å². The molecule has 0 spiro atoms. The maximum Gasteiger partial charge on any atom is 0.0954 e. The predicted molar refractivity (Wildman–Crippen MR) is 93.1 cm³/mol. The lowest BCUT2D eigenvalue weighted by Crippen LogP contribution is -2.18. The Morgan fingerprint density at radius 3 is 2.55 bits per heavy atom. The standard InChI is InChI=1S/C18H21N3S/c1-13(2)18-20-16(12-22-18)11-21(3)10-15-9-8-14-6-4-5-7-17(14)19-15/h4-9,12-13H,10-11H2,1-3H3. The van der Waals surface area contributed by atoms with E-state index in [1.807, 2.05) is 12.1 Å². The Kier molecular flexibility index (Phi) is 4.50. The first-order valence-electron chi connectivity index (χ1n) is 7.59. The maximum absolute atomic E-state index is 4.73. The smallest absolute Gasteiger partial charge is 0.0954 e. The maximum atomic E-state index is 4.73. The van der Waals surface area contributed by atoms with Gasteiger partial charge in [0, 0.05) is 29.8 Å². The zero-order valence-electron chi connectivity index (χ0n) is 13.3. The van der Waals surface area contributed by atoms with E-state index in [0.717, 1.165) is 30.0 Å². The van der Waals surface area contributed by atoms with E-state index < -0.39 is 0 Å². The molecule has 0 atom stereocenters. The van der Waals surface area contributed by atoms with Crippen LogP contribution in [-0.4, -0.2) is 21.9 Å². The number of fused-ring (bicyclic) bond motifs is 1. The Labute approximate surface area is 135 Å². The van der Waals surface area contributed by atoms with Gasteiger partial charge in [0.05, 0.1) is 21.9 Å². The Bertz CT molecular complexity index is 764. The van der Waals surface area contributed by atoms with Crippen molar-refractivity contribution in [3.8, 4) is 0 Å². The number of rotatable bonds is 5. The molecule has 22 heavy (non-hydrogen) atoms. The van der Waals surface area contributed by atoms with Gasteiger partial charge in [0.1, 0.15) is 0 Å². The van der Waals surface area contributed by atoms with Crippen LogP contribution in [0.25, 0.3) is 10.9 Å². The highest BCUT2D eigenvalue weighted by Crippen LogP contribution is 2.20. The average Bonchev–Trinajstić information content (AvgIpc) is 2.95.